The molecule has 0 aromatic heterocycles. The molecule has 1 aliphatic rings. The Morgan fingerprint density at radius 2 is 1.88 bits per heavy atom. The molecule has 0 bridgehead atoms. The van der Waals surface area contributed by atoms with E-state index in [1.807, 2.05) is 0 Å². The maximum Gasteiger partial charge on any atom is 0.135 e. The number of rotatable bonds is 8. The smallest absolute Gasteiger partial charge is 0.135 e. The van der Waals surface area contributed by atoms with Gasteiger partial charge in [-0.05, 0) is 31.1 Å². The van der Waals surface area contributed by atoms with E-state index in [-0.39, 0.29) is 0 Å². The Balaban J connectivity index is 2.04. The minimum Gasteiger partial charge on any atom is -0.299 e. The highest BCUT2D eigenvalue weighted by Crippen LogP contribution is 2.28. The summed E-state index contributed by atoms with van der Waals surface area (Å²) in [5, 5.41) is 0. The molecule has 0 aromatic rings. The van der Waals surface area contributed by atoms with Gasteiger partial charge in [0.15, 0.2) is 0 Å². The van der Waals surface area contributed by atoms with E-state index in [0.717, 1.165) is 31.1 Å². The molecule has 1 heteroatoms. The Labute approximate surface area is 107 Å². The zero-order valence-corrected chi connectivity index (χ0v) is 12.0. The van der Waals surface area contributed by atoms with E-state index in [2.05, 4.69) is 20.8 Å². The molecule has 0 aliphatic heterocycles. The quantitative estimate of drug-likeness (QED) is 0.582. The molecule has 1 nitrogen and oxygen atoms in total. The molecule has 3 atom stereocenters. The number of ketones is 1. The number of Topliss-reactive ketones (excluding diaryl/α,β-unsaturated/α-hetero) is 1. The lowest BCUT2D eigenvalue weighted by molar-refractivity contribution is -0.120. The van der Waals surface area contributed by atoms with E-state index in [4.69, 9.17) is 0 Å². The van der Waals surface area contributed by atoms with E-state index in [1.54, 1.807) is 0 Å². The molecule has 0 heterocycles. The Morgan fingerprint density at radius 3 is 2.47 bits per heavy atom. The van der Waals surface area contributed by atoms with Crippen LogP contribution in [0.4, 0.5) is 0 Å². The van der Waals surface area contributed by atoms with Crippen molar-refractivity contribution in [3.05, 3.63) is 0 Å². The molecular formula is C16H30O. The number of carbonyl (C=O) groups excluding carboxylic acids is 1. The summed E-state index contributed by atoms with van der Waals surface area (Å²) in [6.07, 6.45) is 11.0. The van der Waals surface area contributed by atoms with Crippen LogP contribution >= 0.6 is 0 Å². The minimum atomic E-state index is 0.423. The van der Waals surface area contributed by atoms with Crippen molar-refractivity contribution in [3.8, 4) is 0 Å². The molecule has 3 unspecified atom stereocenters. The van der Waals surface area contributed by atoms with Gasteiger partial charge >= 0.3 is 0 Å². The average molecular weight is 238 g/mol. The van der Waals surface area contributed by atoms with Gasteiger partial charge in [-0.25, -0.2) is 0 Å². The van der Waals surface area contributed by atoms with Crippen molar-refractivity contribution in [2.45, 2.75) is 78.6 Å². The molecule has 0 amide bonds. The zero-order chi connectivity index (χ0) is 12.7. The monoisotopic (exact) mass is 238 g/mol. The van der Waals surface area contributed by atoms with Crippen LogP contribution in [0, 0.1) is 17.8 Å². The van der Waals surface area contributed by atoms with Gasteiger partial charge in [0.25, 0.3) is 0 Å². The van der Waals surface area contributed by atoms with Crippen molar-refractivity contribution >= 4 is 5.78 Å². The second-order valence-corrected chi connectivity index (χ2v) is 6.18. The average Bonchev–Trinajstić information content (AvgIpc) is 2.72. The minimum absolute atomic E-state index is 0.423. The van der Waals surface area contributed by atoms with Gasteiger partial charge < -0.3 is 0 Å². The molecule has 100 valence electrons. The molecule has 1 saturated carbocycles. The number of hydrogen-bond donors (Lipinski definition) is 0. The molecular weight excluding hydrogens is 208 g/mol. The first kappa shape index (κ1) is 14.7. The molecule has 17 heavy (non-hydrogen) atoms. The largest absolute Gasteiger partial charge is 0.299 e. The van der Waals surface area contributed by atoms with Gasteiger partial charge in [-0.15, -0.1) is 0 Å². The van der Waals surface area contributed by atoms with Crippen LogP contribution < -0.4 is 0 Å². The van der Waals surface area contributed by atoms with E-state index < -0.39 is 0 Å². The Hall–Kier alpha value is -0.330. The summed E-state index contributed by atoms with van der Waals surface area (Å²) in [7, 11) is 0. The van der Waals surface area contributed by atoms with Crippen molar-refractivity contribution in [2.75, 3.05) is 0 Å². The third kappa shape index (κ3) is 5.70. The highest BCUT2D eigenvalue weighted by molar-refractivity contribution is 5.82. The maximum absolute atomic E-state index is 11.5. The first-order valence-electron chi connectivity index (χ1n) is 7.66. The van der Waals surface area contributed by atoms with Crippen LogP contribution in [0.2, 0.25) is 0 Å². The molecule has 0 saturated heterocycles. The van der Waals surface area contributed by atoms with Crippen molar-refractivity contribution in [1.29, 1.82) is 0 Å². The summed E-state index contributed by atoms with van der Waals surface area (Å²) in [4.78, 5) is 11.5. The normalized spacial score (nSPS) is 23.9. The summed E-state index contributed by atoms with van der Waals surface area (Å²) in [6, 6.07) is 0. The van der Waals surface area contributed by atoms with Gasteiger partial charge in [0, 0.05) is 12.3 Å². The van der Waals surface area contributed by atoms with Crippen LogP contribution in [-0.2, 0) is 4.79 Å². The number of hydrogen-bond acceptors (Lipinski definition) is 1. The summed E-state index contributed by atoms with van der Waals surface area (Å²) in [5.41, 5.74) is 0. The second kappa shape index (κ2) is 7.89. The summed E-state index contributed by atoms with van der Waals surface area (Å²) >= 11 is 0. The molecule has 0 N–H and O–H groups in total. The predicted octanol–water partition coefficient (Wildman–Crippen LogP) is 4.99. The first-order valence-corrected chi connectivity index (χ1v) is 7.66. The van der Waals surface area contributed by atoms with Gasteiger partial charge in [-0.3, -0.25) is 4.79 Å². The highest BCUT2D eigenvalue weighted by Gasteiger charge is 2.24. The van der Waals surface area contributed by atoms with Gasteiger partial charge in [0.2, 0.25) is 0 Å². The first-order chi connectivity index (χ1) is 8.13. The standard InChI is InChI=1S/C16H30O/c1-4-13(2)7-5-8-14(3)11-12-15-9-6-10-16(15)17/h13-15H,4-12H2,1-3H3. The SMILES string of the molecule is CCC(C)CCCC(C)CCC1CCCC1=O. The van der Waals surface area contributed by atoms with Gasteiger partial charge in [-0.1, -0.05) is 52.9 Å². The van der Waals surface area contributed by atoms with Crippen LogP contribution in [0.15, 0.2) is 0 Å². The van der Waals surface area contributed by atoms with Crippen LogP contribution in [0.5, 0.6) is 0 Å². The van der Waals surface area contributed by atoms with Crippen molar-refractivity contribution < 1.29 is 4.79 Å². The summed E-state index contributed by atoms with van der Waals surface area (Å²) in [5.74, 6) is 2.66. The Morgan fingerprint density at radius 1 is 1.18 bits per heavy atom. The zero-order valence-electron chi connectivity index (χ0n) is 12.0. The fourth-order valence-electron chi connectivity index (χ4n) is 2.84. The predicted molar refractivity (Wildman–Crippen MR) is 74.1 cm³/mol. The summed E-state index contributed by atoms with van der Waals surface area (Å²) < 4.78 is 0. The Bertz CT molecular complexity index is 222. The molecule has 1 fully saturated rings. The highest BCUT2D eigenvalue weighted by atomic mass is 16.1. The third-order valence-corrected chi connectivity index (χ3v) is 4.53. The van der Waals surface area contributed by atoms with E-state index >= 15 is 0 Å². The van der Waals surface area contributed by atoms with Gasteiger partial charge in [0.1, 0.15) is 5.78 Å². The molecule has 0 aromatic carbocycles. The topological polar surface area (TPSA) is 17.1 Å². The summed E-state index contributed by atoms with van der Waals surface area (Å²) in [6.45, 7) is 6.98. The maximum atomic E-state index is 11.5. The Kier molecular flexibility index (Phi) is 6.84. The van der Waals surface area contributed by atoms with Crippen molar-refractivity contribution in [3.63, 3.8) is 0 Å². The van der Waals surface area contributed by atoms with Gasteiger partial charge in [0.05, 0.1) is 0 Å². The van der Waals surface area contributed by atoms with Crippen molar-refractivity contribution in [1.82, 2.24) is 0 Å². The van der Waals surface area contributed by atoms with Gasteiger partial charge in [-0.2, -0.15) is 0 Å². The lowest BCUT2D eigenvalue weighted by atomic mass is 9.90. The van der Waals surface area contributed by atoms with Crippen LogP contribution in [0.3, 0.4) is 0 Å². The van der Waals surface area contributed by atoms with E-state index in [1.165, 1.54) is 38.5 Å². The van der Waals surface area contributed by atoms with Crippen LogP contribution in [0.25, 0.3) is 0 Å². The number of carbonyl (C=O) groups is 1. The molecule has 0 spiro atoms. The van der Waals surface area contributed by atoms with Crippen molar-refractivity contribution in [2.24, 2.45) is 17.8 Å². The third-order valence-electron chi connectivity index (χ3n) is 4.53. The molecule has 1 aliphatic carbocycles. The molecule has 1 rings (SSSR count). The fourth-order valence-corrected chi connectivity index (χ4v) is 2.84. The lowest BCUT2D eigenvalue weighted by Crippen LogP contribution is -2.08. The van der Waals surface area contributed by atoms with E-state index in [9.17, 15) is 4.79 Å². The van der Waals surface area contributed by atoms with Crippen LogP contribution in [-0.4, -0.2) is 5.78 Å². The lowest BCUT2D eigenvalue weighted by Gasteiger charge is -2.15. The molecule has 0 radical (unpaired) electrons. The second-order valence-electron chi connectivity index (χ2n) is 6.18. The fraction of sp³-hybridized carbons (Fsp3) is 0.938. The van der Waals surface area contributed by atoms with Crippen LogP contribution in [0.1, 0.15) is 78.6 Å². The van der Waals surface area contributed by atoms with E-state index in [0.29, 0.717) is 11.7 Å².